The van der Waals surface area contributed by atoms with E-state index in [1.807, 2.05) is 0 Å². The summed E-state index contributed by atoms with van der Waals surface area (Å²) in [7, 11) is -3.70. The Hall–Kier alpha value is -1.67. The minimum absolute atomic E-state index is 0.0394. The average Bonchev–Trinajstić information content (AvgIpc) is 2.66. The third-order valence-corrected chi connectivity index (χ3v) is 7.22. The number of carbonyl (C=O) groups is 1. The first-order valence-electron chi connectivity index (χ1n) is 8.29. The molecule has 144 valence electrons. The van der Waals surface area contributed by atoms with Gasteiger partial charge in [0.1, 0.15) is 5.82 Å². The highest BCUT2D eigenvalue weighted by Gasteiger charge is 2.32. The van der Waals surface area contributed by atoms with Crippen LogP contribution in [0.5, 0.6) is 0 Å². The SMILES string of the molecule is O=C(Nc1cccc(Cl)c1Cl)C1CCN(S(=O)(=O)c2ccc(F)cc2)CC1. The minimum atomic E-state index is -3.70. The lowest BCUT2D eigenvalue weighted by Crippen LogP contribution is -2.41. The molecule has 5 nitrogen and oxygen atoms in total. The first kappa shape index (κ1) is 20.1. The van der Waals surface area contributed by atoms with Gasteiger partial charge in [-0.2, -0.15) is 4.31 Å². The van der Waals surface area contributed by atoms with Gasteiger partial charge >= 0.3 is 0 Å². The molecule has 9 heteroatoms. The van der Waals surface area contributed by atoms with Crippen LogP contribution in [0.2, 0.25) is 10.0 Å². The third kappa shape index (κ3) is 4.43. The van der Waals surface area contributed by atoms with Crippen LogP contribution < -0.4 is 5.32 Å². The normalized spacial score (nSPS) is 16.3. The Labute approximate surface area is 167 Å². The summed E-state index contributed by atoms with van der Waals surface area (Å²) in [5.41, 5.74) is 0.426. The van der Waals surface area contributed by atoms with Crippen molar-refractivity contribution in [1.82, 2.24) is 4.31 Å². The molecule has 1 aliphatic rings. The number of sulfonamides is 1. The highest BCUT2D eigenvalue weighted by atomic mass is 35.5. The van der Waals surface area contributed by atoms with E-state index in [2.05, 4.69) is 5.32 Å². The van der Waals surface area contributed by atoms with E-state index in [0.717, 1.165) is 12.1 Å². The largest absolute Gasteiger partial charge is 0.324 e. The Morgan fingerprint density at radius 3 is 2.33 bits per heavy atom. The van der Waals surface area contributed by atoms with E-state index in [9.17, 15) is 17.6 Å². The zero-order chi connectivity index (χ0) is 19.6. The van der Waals surface area contributed by atoms with Crippen molar-refractivity contribution in [3.63, 3.8) is 0 Å². The highest BCUT2D eigenvalue weighted by molar-refractivity contribution is 7.89. The molecular weight excluding hydrogens is 414 g/mol. The Morgan fingerprint density at radius 1 is 1.07 bits per heavy atom. The van der Waals surface area contributed by atoms with Crippen molar-refractivity contribution in [2.75, 3.05) is 18.4 Å². The van der Waals surface area contributed by atoms with Gasteiger partial charge in [0.2, 0.25) is 15.9 Å². The fraction of sp³-hybridized carbons (Fsp3) is 0.278. The maximum absolute atomic E-state index is 13.0. The van der Waals surface area contributed by atoms with E-state index in [4.69, 9.17) is 23.2 Å². The summed E-state index contributed by atoms with van der Waals surface area (Å²) in [6.45, 7) is 0.419. The molecule has 0 unspecified atom stereocenters. The van der Waals surface area contributed by atoms with Crippen LogP contribution in [0.25, 0.3) is 0 Å². The number of nitrogens with zero attached hydrogens (tertiary/aromatic N) is 1. The first-order valence-corrected chi connectivity index (χ1v) is 10.5. The fourth-order valence-electron chi connectivity index (χ4n) is 2.95. The summed E-state index contributed by atoms with van der Waals surface area (Å²) >= 11 is 12.0. The number of amides is 1. The molecule has 1 amide bonds. The maximum atomic E-state index is 13.0. The van der Waals surface area contributed by atoms with Gasteiger partial charge in [0.25, 0.3) is 0 Å². The maximum Gasteiger partial charge on any atom is 0.243 e. The van der Waals surface area contributed by atoms with Crippen molar-refractivity contribution in [3.05, 3.63) is 58.3 Å². The van der Waals surface area contributed by atoms with E-state index >= 15 is 0 Å². The fourth-order valence-corrected chi connectivity index (χ4v) is 4.77. The lowest BCUT2D eigenvalue weighted by atomic mass is 9.97. The van der Waals surface area contributed by atoms with E-state index < -0.39 is 15.8 Å². The van der Waals surface area contributed by atoms with Gasteiger partial charge < -0.3 is 5.32 Å². The summed E-state index contributed by atoms with van der Waals surface area (Å²) in [5, 5.41) is 3.36. The van der Waals surface area contributed by atoms with Gasteiger partial charge in [-0.3, -0.25) is 4.79 Å². The van der Waals surface area contributed by atoms with Gasteiger partial charge in [-0.05, 0) is 49.2 Å². The van der Waals surface area contributed by atoms with Crippen molar-refractivity contribution >= 4 is 44.8 Å². The number of anilines is 1. The minimum Gasteiger partial charge on any atom is -0.324 e. The first-order chi connectivity index (χ1) is 12.8. The lowest BCUT2D eigenvalue weighted by molar-refractivity contribution is -0.120. The van der Waals surface area contributed by atoms with Crippen molar-refractivity contribution in [3.8, 4) is 0 Å². The smallest absolute Gasteiger partial charge is 0.243 e. The van der Waals surface area contributed by atoms with Gasteiger partial charge in [0, 0.05) is 19.0 Å². The summed E-state index contributed by atoms with van der Waals surface area (Å²) in [5.74, 6) is -1.05. The van der Waals surface area contributed by atoms with Gasteiger partial charge in [-0.15, -0.1) is 0 Å². The molecule has 0 atom stereocenters. The second kappa shape index (κ2) is 8.14. The van der Waals surface area contributed by atoms with E-state index in [1.165, 1.54) is 16.4 Å². The molecule has 1 aliphatic heterocycles. The number of halogens is 3. The van der Waals surface area contributed by atoms with E-state index in [0.29, 0.717) is 23.6 Å². The molecular formula is C18H17Cl2FN2O3S. The van der Waals surface area contributed by atoms with Gasteiger partial charge in [0.15, 0.2) is 0 Å². The van der Waals surface area contributed by atoms with E-state index in [1.54, 1.807) is 18.2 Å². The Balaban J connectivity index is 1.63. The molecule has 2 aromatic rings. The van der Waals surface area contributed by atoms with Crippen LogP contribution in [0, 0.1) is 11.7 Å². The standard InChI is InChI=1S/C18H17Cl2FN2O3S/c19-15-2-1-3-16(17(15)20)22-18(24)12-8-10-23(11-9-12)27(25,26)14-6-4-13(21)5-7-14/h1-7,12H,8-11H2,(H,22,24). The van der Waals surface area contributed by atoms with Crippen LogP contribution in [0.4, 0.5) is 10.1 Å². The monoisotopic (exact) mass is 430 g/mol. The summed E-state index contributed by atoms with van der Waals surface area (Å²) in [6.07, 6.45) is 0.759. The summed E-state index contributed by atoms with van der Waals surface area (Å²) in [6, 6.07) is 9.67. The van der Waals surface area contributed by atoms with Gasteiger partial charge in [-0.1, -0.05) is 29.3 Å². The number of piperidine rings is 1. The molecule has 0 bridgehead atoms. The summed E-state index contributed by atoms with van der Waals surface area (Å²) < 4.78 is 39.6. The molecule has 1 heterocycles. The molecule has 27 heavy (non-hydrogen) atoms. The van der Waals surface area contributed by atoms with Gasteiger partial charge in [-0.25, -0.2) is 12.8 Å². The third-order valence-electron chi connectivity index (χ3n) is 4.49. The van der Waals surface area contributed by atoms with Crippen molar-refractivity contribution in [2.45, 2.75) is 17.7 Å². The van der Waals surface area contributed by atoms with Crippen LogP contribution >= 0.6 is 23.2 Å². The zero-order valence-corrected chi connectivity index (χ0v) is 16.5. The zero-order valence-electron chi connectivity index (χ0n) is 14.2. The average molecular weight is 431 g/mol. The topological polar surface area (TPSA) is 66.5 Å². The van der Waals surface area contributed by atoms with Crippen molar-refractivity contribution in [2.24, 2.45) is 5.92 Å². The Kier molecular flexibility index (Phi) is 6.05. The van der Waals surface area contributed by atoms with Crippen LogP contribution in [-0.2, 0) is 14.8 Å². The van der Waals surface area contributed by atoms with Gasteiger partial charge in [0.05, 0.1) is 20.6 Å². The number of benzene rings is 2. The number of hydrogen-bond acceptors (Lipinski definition) is 3. The quantitative estimate of drug-likeness (QED) is 0.790. The highest BCUT2D eigenvalue weighted by Crippen LogP contribution is 2.31. The molecule has 0 spiro atoms. The van der Waals surface area contributed by atoms with Crippen molar-refractivity contribution < 1.29 is 17.6 Å². The molecule has 1 saturated heterocycles. The predicted molar refractivity (Wildman–Crippen MR) is 103 cm³/mol. The second-order valence-electron chi connectivity index (χ2n) is 6.22. The predicted octanol–water partition coefficient (Wildman–Crippen LogP) is 4.17. The molecule has 0 radical (unpaired) electrons. The molecule has 2 aromatic carbocycles. The summed E-state index contributed by atoms with van der Waals surface area (Å²) in [4.78, 5) is 12.5. The molecule has 1 N–H and O–H groups in total. The lowest BCUT2D eigenvalue weighted by Gasteiger charge is -2.30. The van der Waals surface area contributed by atoms with E-state index in [-0.39, 0.29) is 34.8 Å². The van der Waals surface area contributed by atoms with Crippen LogP contribution in [0.1, 0.15) is 12.8 Å². The molecule has 1 fully saturated rings. The molecule has 0 aromatic heterocycles. The second-order valence-corrected chi connectivity index (χ2v) is 8.95. The molecule has 3 rings (SSSR count). The van der Waals surface area contributed by atoms with Crippen LogP contribution in [-0.4, -0.2) is 31.7 Å². The molecule has 0 saturated carbocycles. The number of hydrogen-bond donors (Lipinski definition) is 1. The number of nitrogens with one attached hydrogen (secondary N) is 1. The number of carbonyl (C=O) groups excluding carboxylic acids is 1. The Morgan fingerprint density at radius 2 is 1.70 bits per heavy atom. The Bertz CT molecular complexity index is 944. The molecule has 0 aliphatic carbocycles. The van der Waals surface area contributed by atoms with Crippen molar-refractivity contribution in [1.29, 1.82) is 0 Å². The number of rotatable bonds is 4. The van der Waals surface area contributed by atoms with Crippen LogP contribution in [0.3, 0.4) is 0 Å². The van der Waals surface area contributed by atoms with Crippen LogP contribution in [0.15, 0.2) is 47.4 Å².